The molecule has 1 saturated carbocycles. The number of esters is 1. The lowest BCUT2D eigenvalue weighted by Crippen LogP contribution is -2.20. The van der Waals surface area contributed by atoms with Gasteiger partial charge in [0.2, 0.25) is 0 Å². The highest BCUT2D eigenvalue weighted by Crippen LogP contribution is 2.34. The molecule has 2 aliphatic rings. The minimum atomic E-state index is -0.388. The topological polar surface area (TPSA) is 42.4 Å². The summed E-state index contributed by atoms with van der Waals surface area (Å²) in [6, 6.07) is 3.65. The molecule has 3 rings (SSSR count). The fourth-order valence-electron chi connectivity index (χ4n) is 2.49. The van der Waals surface area contributed by atoms with Crippen LogP contribution in [0.4, 0.5) is 5.82 Å². The number of carbonyl (C=O) groups excluding carboxylic acids is 1. The molecular formula is C16H18N2O2. The second-order valence-corrected chi connectivity index (χ2v) is 5.43. The molecule has 4 heteroatoms. The zero-order valence-corrected chi connectivity index (χ0v) is 11.4. The molecule has 1 unspecified atom stereocenters. The zero-order chi connectivity index (χ0) is 13.9. The number of aromatic nitrogens is 1. The first-order valence-electron chi connectivity index (χ1n) is 7.16. The molecule has 0 spiro atoms. The van der Waals surface area contributed by atoms with Crippen molar-refractivity contribution < 1.29 is 9.53 Å². The summed E-state index contributed by atoms with van der Waals surface area (Å²) in [5, 5.41) is 0. The Morgan fingerprint density at radius 2 is 2.15 bits per heavy atom. The predicted octanol–water partition coefficient (Wildman–Crippen LogP) is 2.25. The van der Waals surface area contributed by atoms with E-state index in [-0.39, 0.29) is 12.1 Å². The van der Waals surface area contributed by atoms with Gasteiger partial charge >= 0.3 is 5.97 Å². The molecule has 0 radical (unpaired) electrons. The van der Waals surface area contributed by atoms with Crippen LogP contribution in [0.2, 0.25) is 0 Å². The molecule has 2 heterocycles. The number of hydrogen-bond donors (Lipinski definition) is 0. The van der Waals surface area contributed by atoms with E-state index in [1.54, 1.807) is 12.3 Å². The summed E-state index contributed by atoms with van der Waals surface area (Å²) in [5.41, 5.74) is 0.467. The number of pyridine rings is 1. The Hall–Kier alpha value is -2.02. The SMILES string of the molecule is C#CC(OC(=O)c1ccc(N2CCCC2)nc1)C1CC1. The van der Waals surface area contributed by atoms with Gasteiger partial charge in [0.25, 0.3) is 0 Å². The molecule has 2 fully saturated rings. The first kappa shape index (κ1) is 13.0. The van der Waals surface area contributed by atoms with Crippen LogP contribution in [0.3, 0.4) is 0 Å². The average molecular weight is 270 g/mol. The van der Waals surface area contributed by atoms with Gasteiger partial charge in [0.05, 0.1) is 5.56 Å². The monoisotopic (exact) mass is 270 g/mol. The zero-order valence-electron chi connectivity index (χ0n) is 11.4. The van der Waals surface area contributed by atoms with Gasteiger partial charge in [-0.15, -0.1) is 6.42 Å². The van der Waals surface area contributed by atoms with Crippen molar-refractivity contribution >= 4 is 11.8 Å². The van der Waals surface area contributed by atoms with Gasteiger partial charge in [0.15, 0.2) is 6.10 Å². The molecule has 1 atom stereocenters. The van der Waals surface area contributed by atoms with E-state index in [9.17, 15) is 4.79 Å². The van der Waals surface area contributed by atoms with E-state index in [4.69, 9.17) is 11.2 Å². The third-order valence-electron chi connectivity index (χ3n) is 3.86. The van der Waals surface area contributed by atoms with Crippen molar-refractivity contribution in [2.45, 2.75) is 31.8 Å². The Morgan fingerprint density at radius 3 is 2.70 bits per heavy atom. The highest BCUT2D eigenvalue weighted by molar-refractivity contribution is 5.89. The number of hydrogen-bond acceptors (Lipinski definition) is 4. The van der Waals surface area contributed by atoms with Gasteiger partial charge in [0, 0.05) is 25.2 Å². The summed E-state index contributed by atoms with van der Waals surface area (Å²) in [4.78, 5) is 18.6. The minimum Gasteiger partial charge on any atom is -0.445 e. The molecule has 1 aromatic rings. The molecule has 1 aliphatic heterocycles. The number of carbonyl (C=O) groups is 1. The van der Waals surface area contributed by atoms with Gasteiger partial charge in [-0.25, -0.2) is 9.78 Å². The normalized spacial score (nSPS) is 19.4. The van der Waals surface area contributed by atoms with Gasteiger partial charge in [-0.3, -0.25) is 0 Å². The highest BCUT2D eigenvalue weighted by Gasteiger charge is 2.33. The maximum Gasteiger partial charge on any atom is 0.340 e. The van der Waals surface area contributed by atoms with E-state index >= 15 is 0 Å². The van der Waals surface area contributed by atoms with Crippen molar-refractivity contribution in [2.75, 3.05) is 18.0 Å². The van der Waals surface area contributed by atoms with Gasteiger partial charge in [-0.1, -0.05) is 5.92 Å². The molecule has 0 N–H and O–H groups in total. The summed E-state index contributed by atoms with van der Waals surface area (Å²) in [5.74, 6) is 3.45. The summed E-state index contributed by atoms with van der Waals surface area (Å²) in [6.07, 6.45) is 11.1. The second-order valence-electron chi connectivity index (χ2n) is 5.43. The van der Waals surface area contributed by atoms with Crippen molar-refractivity contribution in [2.24, 2.45) is 5.92 Å². The van der Waals surface area contributed by atoms with Gasteiger partial charge in [-0.2, -0.15) is 0 Å². The maximum atomic E-state index is 12.0. The lowest BCUT2D eigenvalue weighted by Gasteiger charge is -2.16. The van der Waals surface area contributed by atoms with Crippen LogP contribution in [-0.4, -0.2) is 30.1 Å². The van der Waals surface area contributed by atoms with Crippen molar-refractivity contribution in [1.82, 2.24) is 4.98 Å². The molecule has 1 saturated heterocycles. The van der Waals surface area contributed by atoms with E-state index in [2.05, 4.69) is 15.8 Å². The largest absolute Gasteiger partial charge is 0.445 e. The Morgan fingerprint density at radius 1 is 1.40 bits per heavy atom. The molecule has 1 aromatic heterocycles. The molecule has 20 heavy (non-hydrogen) atoms. The number of anilines is 1. The molecule has 1 aliphatic carbocycles. The summed E-state index contributed by atoms with van der Waals surface area (Å²) in [6.45, 7) is 2.08. The lowest BCUT2D eigenvalue weighted by atomic mass is 10.2. The van der Waals surface area contributed by atoms with Crippen molar-refractivity contribution in [3.63, 3.8) is 0 Å². The molecule has 104 valence electrons. The Bertz CT molecular complexity index is 522. The van der Waals surface area contributed by atoms with E-state index in [0.717, 1.165) is 31.7 Å². The summed E-state index contributed by atoms with van der Waals surface area (Å²) >= 11 is 0. The van der Waals surface area contributed by atoms with E-state index in [0.29, 0.717) is 11.5 Å². The summed E-state index contributed by atoms with van der Waals surface area (Å²) in [7, 11) is 0. The summed E-state index contributed by atoms with van der Waals surface area (Å²) < 4.78 is 5.35. The van der Waals surface area contributed by atoms with Gasteiger partial charge < -0.3 is 9.64 Å². The fraction of sp³-hybridized carbons (Fsp3) is 0.500. The van der Waals surface area contributed by atoms with Crippen LogP contribution >= 0.6 is 0 Å². The van der Waals surface area contributed by atoms with Crippen molar-refractivity contribution in [1.29, 1.82) is 0 Å². The number of rotatable bonds is 4. The van der Waals surface area contributed by atoms with Gasteiger partial charge in [-0.05, 0) is 37.8 Å². The molecule has 0 amide bonds. The highest BCUT2D eigenvalue weighted by atomic mass is 16.5. The number of ether oxygens (including phenoxy) is 1. The van der Waals surface area contributed by atoms with E-state index in [1.807, 2.05) is 6.07 Å². The second kappa shape index (κ2) is 5.54. The smallest absolute Gasteiger partial charge is 0.340 e. The van der Waals surface area contributed by atoms with Crippen LogP contribution in [0, 0.1) is 18.3 Å². The maximum absolute atomic E-state index is 12.0. The van der Waals surface area contributed by atoms with Crippen molar-refractivity contribution in [3.8, 4) is 12.3 Å². The fourth-order valence-corrected chi connectivity index (χ4v) is 2.49. The first-order valence-corrected chi connectivity index (χ1v) is 7.16. The van der Waals surface area contributed by atoms with E-state index < -0.39 is 0 Å². The van der Waals surface area contributed by atoms with E-state index in [1.165, 1.54) is 12.8 Å². The third kappa shape index (κ3) is 2.77. The Balaban J connectivity index is 1.64. The van der Waals surface area contributed by atoms with Crippen LogP contribution in [0.25, 0.3) is 0 Å². The first-order chi connectivity index (χ1) is 9.78. The average Bonchev–Trinajstić information content (AvgIpc) is 3.18. The third-order valence-corrected chi connectivity index (χ3v) is 3.86. The van der Waals surface area contributed by atoms with Crippen LogP contribution in [0.1, 0.15) is 36.0 Å². The van der Waals surface area contributed by atoms with Crippen LogP contribution in [-0.2, 0) is 4.74 Å². The van der Waals surface area contributed by atoms with Crippen LogP contribution in [0.15, 0.2) is 18.3 Å². The quantitative estimate of drug-likeness (QED) is 0.621. The molecule has 0 bridgehead atoms. The number of nitrogens with zero attached hydrogens (tertiary/aromatic N) is 2. The lowest BCUT2D eigenvalue weighted by molar-refractivity contribution is 0.0374. The molecular weight excluding hydrogens is 252 g/mol. The number of terminal acetylenes is 1. The molecule has 4 nitrogen and oxygen atoms in total. The minimum absolute atomic E-state index is 0.348. The predicted molar refractivity (Wildman–Crippen MR) is 76.4 cm³/mol. The van der Waals surface area contributed by atoms with Crippen LogP contribution < -0.4 is 4.90 Å². The Labute approximate surface area is 119 Å². The van der Waals surface area contributed by atoms with Crippen LogP contribution in [0.5, 0.6) is 0 Å². The Kier molecular flexibility index (Phi) is 3.60. The standard InChI is InChI=1S/C16H18N2O2/c1-2-14(12-5-6-12)20-16(19)13-7-8-15(17-11-13)18-9-3-4-10-18/h1,7-8,11-12,14H,3-6,9-10H2. The van der Waals surface area contributed by atoms with Gasteiger partial charge in [0.1, 0.15) is 5.82 Å². The molecule has 0 aromatic carbocycles. The van der Waals surface area contributed by atoms with Crippen molar-refractivity contribution in [3.05, 3.63) is 23.9 Å².